The van der Waals surface area contributed by atoms with Crippen molar-refractivity contribution in [2.24, 2.45) is 17.8 Å². The van der Waals surface area contributed by atoms with Crippen LogP contribution in [0.15, 0.2) is 42.6 Å². The maximum Gasteiger partial charge on any atom is 0.271 e. The fourth-order valence-corrected chi connectivity index (χ4v) is 5.36. The van der Waals surface area contributed by atoms with E-state index in [1.54, 1.807) is 23.1 Å². The molecule has 0 spiro atoms. The Balaban J connectivity index is 1.27. The van der Waals surface area contributed by atoms with Gasteiger partial charge in [0.05, 0.1) is 43.2 Å². The van der Waals surface area contributed by atoms with Gasteiger partial charge in [-0.1, -0.05) is 35.3 Å². The molecule has 11 heteroatoms. The topological polar surface area (TPSA) is 109 Å². The number of halogens is 2. The molecule has 2 amide bonds. The summed E-state index contributed by atoms with van der Waals surface area (Å²) in [6.07, 6.45) is 1.48. The molecule has 2 aromatic heterocycles. The summed E-state index contributed by atoms with van der Waals surface area (Å²) >= 11 is 12.3. The van der Waals surface area contributed by atoms with Crippen molar-refractivity contribution in [2.45, 2.75) is 6.54 Å². The van der Waals surface area contributed by atoms with Gasteiger partial charge in [-0.2, -0.15) is 5.10 Å². The molecule has 0 radical (unpaired) electrons. The number of likely N-dealkylation sites (tertiary alicyclic amines) is 1. The van der Waals surface area contributed by atoms with Gasteiger partial charge in [-0.25, -0.2) is 4.98 Å². The van der Waals surface area contributed by atoms with Gasteiger partial charge in [0.15, 0.2) is 0 Å². The summed E-state index contributed by atoms with van der Waals surface area (Å²) in [4.78, 5) is 32.3. The van der Waals surface area contributed by atoms with Gasteiger partial charge in [-0.05, 0) is 23.8 Å². The molecule has 2 aliphatic rings. The molecule has 0 saturated carbocycles. The summed E-state index contributed by atoms with van der Waals surface area (Å²) in [6, 6.07) is 10.7. The van der Waals surface area contributed by atoms with Crippen LogP contribution in [-0.4, -0.2) is 65.3 Å². The third kappa shape index (κ3) is 5.04. The lowest BCUT2D eigenvalue weighted by Gasteiger charge is -2.46. The summed E-state index contributed by atoms with van der Waals surface area (Å²) in [6.45, 7) is 2.09. The largest absolute Gasteiger partial charge is 0.481 e. The number of hydrogen-bond acceptors (Lipinski definition) is 6. The lowest BCUT2D eigenvalue weighted by molar-refractivity contribution is -0.142. The number of benzene rings is 1. The van der Waals surface area contributed by atoms with Crippen molar-refractivity contribution in [3.8, 4) is 17.1 Å². The quantitative estimate of drug-likeness (QED) is 0.506. The summed E-state index contributed by atoms with van der Waals surface area (Å²) in [5, 5.41) is 11.2. The highest BCUT2D eigenvalue weighted by molar-refractivity contribution is 6.33. The number of H-pyrrole nitrogens is 1. The molecule has 5 rings (SSSR count). The number of aromatic amines is 1. The first-order chi connectivity index (χ1) is 17.4. The number of nitrogens with one attached hydrogen (secondary N) is 2. The van der Waals surface area contributed by atoms with Gasteiger partial charge in [0.1, 0.15) is 5.69 Å². The molecule has 2 aliphatic heterocycles. The highest BCUT2D eigenvalue weighted by atomic mass is 35.5. The highest BCUT2D eigenvalue weighted by Gasteiger charge is 2.45. The highest BCUT2D eigenvalue weighted by Crippen LogP contribution is 2.35. The summed E-state index contributed by atoms with van der Waals surface area (Å²) in [5.41, 5.74) is 2.41. The first kappa shape index (κ1) is 24.5. The normalized spacial score (nSPS) is 21.2. The Bertz CT molecular complexity index is 1270. The molecule has 0 aliphatic carbocycles. The molecule has 2 atom stereocenters. The second-order valence-corrected chi connectivity index (χ2v) is 9.86. The number of hydrogen-bond donors (Lipinski definition) is 2. The van der Waals surface area contributed by atoms with Gasteiger partial charge in [-0.15, -0.1) is 0 Å². The van der Waals surface area contributed by atoms with Crippen molar-refractivity contribution >= 4 is 35.0 Å². The first-order valence-electron chi connectivity index (χ1n) is 11.6. The molecule has 2 fully saturated rings. The number of fused-ring (bicyclic) bond motifs is 2. The third-order valence-corrected chi connectivity index (χ3v) is 7.20. The van der Waals surface area contributed by atoms with Gasteiger partial charge >= 0.3 is 0 Å². The third-order valence-electron chi connectivity index (χ3n) is 6.66. The van der Waals surface area contributed by atoms with E-state index in [1.807, 2.05) is 18.2 Å². The van der Waals surface area contributed by atoms with Crippen LogP contribution in [-0.2, 0) is 16.1 Å². The molecule has 188 valence electrons. The van der Waals surface area contributed by atoms with Crippen LogP contribution in [0, 0.1) is 17.8 Å². The van der Waals surface area contributed by atoms with Crippen LogP contribution in [0.25, 0.3) is 11.3 Å². The van der Waals surface area contributed by atoms with Crippen LogP contribution in [0.1, 0.15) is 16.1 Å². The van der Waals surface area contributed by atoms with Crippen LogP contribution in [0.5, 0.6) is 5.88 Å². The van der Waals surface area contributed by atoms with Gasteiger partial charge in [0, 0.05) is 48.1 Å². The van der Waals surface area contributed by atoms with E-state index in [4.69, 9.17) is 32.7 Å². The molecule has 3 aromatic rings. The number of amides is 2. The molecular formula is C25H25Cl2N5O4. The number of methoxy groups -OCH3 is 1. The van der Waals surface area contributed by atoms with Gasteiger partial charge < -0.3 is 19.7 Å². The molecular weight excluding hydrogens is 505 g/mol. The van der Waals surface area contributed by atoms with E-state index in [9.17, 15) is 9.59 Å². The second-order valence-electron chi connectivity index (χ2n) is 9.01. The number of piperidine rings is 1. The van der Waals surface area contributed by atoms with Crippen molar-refractivity contribution < 1.29 is 19.1 Å². The van der Waals surface area contributed by atoms with Crippen molar-refractivity contribution in [2.75, 3.05) is 33.4 Å². The number of ether oxygens (including phenoxy) is 2. The molecule has 2 N–H and O–H groups in total. The van der Waals surface area contributed by atoms with Gasteiger partial charge in [0.25, 0.3) is 5.91 Å². The van der Waals surface area contributed by atoms with Crippen molar-refractivity contribution in [1.82, 2.24) is 25.4 Å². The zero-order valence-corrected chi connectivity index (χ0v) is 21.1. The van der Waals surface area contributed by atoms with E-state index in [0.717, 1.165) is 5.56 Å². The minimum absolute atomic E-state index is 0.0227. The Labute approximate surface area is 218 Å². The minimum Gasteiger partial charge on any atom is -0.481 e. The summed E-state index contributed by atoms with van der Waals surface area (Å²) in [7, 11) is 1.52. The van der Waals surface area contributed by atoms with E-state index in [2.05, 4.69) is 20.5 Å². The Hall–Kier alpha value is -3.14. The molecule has 2 bridgehead atoms. The predicted molar refractivity (Wildman–Crippen MR) is 134 cm³/mol. The van der Waals surface area contributed by atoms with Gasteiger partial charge in [-0.3, -0.25) is 14.7 Å². The van der Waals surface area contributed by atoms with Crippen LogP contribution >= 0.6 is 23.2 Å². The Kier molecular flexibility index (Phi) is 7.13. The van der Waals surface area contributed by atoms with Crippen LogP contribution in [0.2, 0.25) is 10.0 Å². The number of rotatable bonds is 6. The van der Waals surface area contributed by atoms with Crippen LogP contribution in [0.3, 0.4) is 0 Å². The molecule has 4 heterocycles. The smallest absolute Gasteiger partial charge is 0.271 e. The number of carbonyl (C=O) groups is 2. The zero-order valence-electron chi connectivity index (χ0n) is 19.5. The fourth-order valence-electron chi connectivity index (χ4n) is 4.95. The van der Waals surface area contributed by atoms with E-state index in [0.29, 0.717) is 65.7 Å². The van der Waals surface area contributed by atoms with Crippen molar-refractivity contribution in [3.05, 3.63) is 63.9 Å². The van der Waals surface area contributed by atoms with Crippen LogP contribution in [0.4, 0.5) is 0 Å². The standard InChI is InChI=1S/C25H25Cl2N5O4/c1-35-22-6-18(19(27)9-28-22)20-7-21(31-30-20)25(34)32-10-15-12-36-13-16(11-32)23(15)24(33)29-8-14-3-2-4-17(26)5-14/h2-7,9,15-16,23H,8,10-13H2,1H3,(H,29,33)(H,30,31). The maximum absolute atomic E-state index is 13.3. The average molecular weight is 530 g/mol. The lowest BCUT2D eigenvalue weighted by atomic mass is 9.76. The van der Waals surface area contributed by atoms with E-state index >= 15 is 0 Å². The Morgan fingerprint density at radius 2 is 1.97 bits per heavy atom. The Morgan fingerprint density at radius 1 is 1.19 bits per heavy atom. The summed E-state index contributed by atoms with van der Waals surface area (Å²) in [5.74, 6) is -0.216. The van der Waals surface area contributed by atoms with E-state index in [-0.39, 0.29) is 29.6 Å². The molecule has 9 nitrogen and oxygen atoms in total. The van der Waals surface area contributed by atoms with Gasteiger partial charge in [0.2, 0.25) is 11.8 Å². The SMILES string of the molecule is COc1cc(-c2cc(C(=O)N3CC4COCC(C3)C4C(=O)NCc3cccc(Cl)c3)[nH]n2)c(Cl)cn1. The zero-order chi connectivity index (χ0) is 25.2. The number of aromatic nitrogens is 3. The lowest BCUT2D eigenvalue weighted by Crippen LogP contribution is -2.58. The van der Waals surface area contributed by atoms with E-state index in [1.165, 1.54) is 13.3 Å². The number of carbonyl (C=O) groups excluding carboxylic acids is 2. The monoisotopic (exact) mass is 529 g/mol. The van der Waals surface area contributed by atoms with Crippen molar-refractivity contribution in [1.29, 1.82) is 0 Å². The molecule has 1 aromatic carbocycles. The van der Waals surface area contributed by atoms with Crippen LogP contribution < -0.4 is 10.1 Å². The number of nitrogens with zero attached hydrogens (tertiary/aromatic N) is 3. The summed E-state index contributed by atoms with van der Waals surface area (Å²) < 4.78 is 10.9. The van der Waals surface area contributed by atoms with Crippen molar-refractivity contribution in [3.63, 3.8) is 0 Å². The Morgan fingerprint density at radius 3 is 2.69 bits per heavy atom. The predicted octanol–water partition coefficient (Wildman–Crippen LogP) is 3.44. The molecule has 2 unspecified atom stereocenters. The number of pyridine rings is 1. The maximum atomic E-state index is 13.3. The fraction of sp³-hybridized carbons (Fsp3) is 0.360. The average Bonchev–Trinajstić information content (AvgIpc) is 3.36. The molecule has 36 heavy (non-hydrogen) atoms. The first-order valence-corrected chi connectivity index (χ1v) is 12.3. The van der Waals surface area contributed by atoms with E-state index < -0.39 is 0 Å². The second kappa shape index (κ2) is 10.5. The minimum atomic E-state index is -0.220. The molecule has 2 saturated heterocycles.